The Morgan fingerprint density at radius 1 is 0.640 bits per heavy atom. The molecule has 0 atom stereocenters. The number of carbonyl (C=O) groups excluding carboxylic acids is 4. The van der Waals surface area contributed by atoms with E-state index in [0.717, 1.165) is 12.8 Å². The molecule has 132 valence electrons. The minimum atomic E-state index is -0.329. The normalized spacial score (nSPS) is 14.4. The van der Waals surface area contributed by atoms with E-state index in [-0.39, 0.29) is 23.6 Å². The van der Waals surface area contributed by atoms with Crippen molar-refractivity contribution in [3.63, 3.8) is 0 Å². The van der Waals surface area contributed by atoms with Gasteiger partial charge in [-0.05, 0) is 30.9 Å². The molecular weight excluding hydrogens is 320 g/mol. The molecule has 2 heterocycles. The van der Waals surface area contributed by atoms with Gasteiger partial charge in [-0.2, -0.15) is 0 Å². The van der Waals surface area contributed by atoms with Gasteiger partial charge in [-0.15, -0.1) is 0 Å². The number of benzene rings is 1. The van der Waals surface area contributed by atoms with Crippen molar-refractivity contribution in [2.75, 3.05) is 0 Å². The standard InChI is InChI=1S/C11H16.2C4H3NO2/c1-4-10-6-9(3)7-11(5-2)8-10;2*6-3-1-2-4(7)5-3/h6-8H,4-5H2,1-3H3;2*1-2H,(H,5,6,7). The summed E-state index contributed by atoms with van der Waals surface area (Å²) < 4.78 is 0. The van der Waals surface area contributed by atoms with Crippen molar-refractivity contribution in [2.24, 2.45) is 0 Å². The zero-order valence-corrected chi connectivity index (χ0v) is 14.6. The van der Waals surface area contributed by atoms with Crippen molar-refractivity contribution >= 4 is 23.6 Å². The number of hydrogen-bond acceptors (Lipinski definition) is 4. The second kappa shape index (κ2) is 9.97. The molecule has 0 aliphatic carbocycles. The fraction of sp³-hybridized carbons (Fsp3) is 0.263. The maximum Gasteiger partial charge on any atom is 0.250 e. The second-order valence-corrected chi connectivity index (χ2v) is 5.41. The molecule has 0 aromatic heterocycles. The third-order valence-electron chi connectivity index (χ3n) is 3.28. The average molecular weight is 342 g/mol. The van der Waals surface area contributed by atoms with Crippen molar-refractivity contribution in [3.05, 3.63) is 59.2 Å². The summed E-state index contributed by atoms with van der Waals surface area (Å²) in [5, 5.41) is 4.06. The SMILES string of the molecule is CCc1cc(C)cc(CC)c1.O=C1C=CC(=O)N1.O=C1C=CC(=O)N1. The Morgan fingerprint density at radius 2 is 0.960 bits per heavy atom. The summed E-state index contributed by atoms with van der Waals surface area (Å²) in [5.41, 5.74) is 4.31. The molecule has 0 radical (unpaired) electrons. The summed E-state index contributed by atoms with van der Waals surface area (Å²) in [4.78, 5) is 40.1. The highest BCUT2D eigenvalue weighted by atomic mass is 16.2. The van der Waals surface area contributed by atoms with Crippen LogP contribution in [0.15, 0.2) is 42.5 Å². The van der Waals surface area contributed by atoms with Gasteiger partial charge in [0.25, 0.3) is 23.6 Å². The third-order valence-corrected chi connectivity index (χ3v) is 3.28. The van der Waals surface area contributed by atoms with Gasteiger partial charge in [0.15, 0.2) is 0 Å². The monoisotopic (exact) mass is 342 g/mol. The molecule has 0 spiro atoms. The molecule has 0 fully saturated rings. The van der Waals surface area contributed by atoms with Gasteiger partial charge in [-0.3, -0.25) is 29.8 Å². The van der Waals surface area contributed by atoms with Gasteiger partial charge in [-0.1, -0.05) is 37.6 Å². The zero-order valence-electron chi connectivity index (χ0n) is 14.6. The number of rotatable bonds is 2. The highest BCUT2D eigenvalue weighted by Gasteiger charge is 2.07. The fourth-order valence-corrected chi connectivity index (χ4v) is 2.07. The fourth-order valence-electron chi connectivity index (χ4n) is 2.07. The Labute approximate surface area is 147 Å². The largest absolute Gasteiger partial charge is 0.289 e. The first-order valence-electron chi connectivity index (χ1n) is 7.99. The molecule has 0 saturated heterocycles. The summed E-state index contributed by atoms with van der Waals surface area (Å²) in [6, 6.07) is 6.82. The van der Waals surface area contributed by atoms with E-state index in [4.69, 9.17) is 0 Å². The predicted octanol–water partition coefficient (Wildman–Crippen LogP) is 1.52. The smallest absolute Gasteiger partial charge is 0.250 e. The van der Waals surface area contributed by atoms with Crippen LogP contribution in [-0.2, 0) is 32.0 Å². The molecule has 0 saturated carbocycles. The van der Waals surface area contributed by atoms with Crippen LogP contribution in [0.5, 0.6) is 0 Å². The van der Waals surface area contributed by atoms with E-state index < -0.39 is 0 Å². The Bertz CT molecular complexity index is 643. The second-order valence-electron chi connectivity index (χ2n) is 5.41. The van der Waals surface area contributed by atoms with Crippen LogP contribution < -0.4 is 10.6 Å². The molecule has 6 heteroatoms. The summed E-state index contributed by atoms with van der Waals surface area (Å²) in [6.45, 7) is 6.57. The molecule has 2 N–H and O–H groups in total. The highest BCUT2D eigenvalue weighted by molar-refractivity contribution is 6.13. The lowest BCUT2D eigenvalue weighted by molar-refractivity contribution is -0.125. The average Bonchev–Trinajstić information content (AvgIpc) is 3.14. The number of aryl methyl sites for hydroxylation is 3. The molecule has 2 aliphatic rings. The van der Waals surface area contributed by atoms with Gasteiger partial charge in [0.2, 0.25) is 0 Å². The van der Waals surface area contributed by atoms with E-state index in [2.05, 4.69) is 39.0 Å². The van der Waals surface area contributed by atoms with Gasteiger partial charge in [0.1, 0.15) is 0 Å². The maximum absolute atomic E-state index is 10.0. The van der Waals surface area contributed by atoms with E-state index in [0.29, 0.717) is 0 Å². The summed E-state index contributed by atoms with van der Waals surface area (Å²) in [5.74, 6) is -1.31. The lowest BCUT2D eigenvalue weighted by Gasteiger charge is -2.02. The van der Waals surface area contributed by atoms with Gasteiger partial charge in [0, 0.05) is 24.3 Å². The van der Waals surface area contributed by atoms with Crippen molar-refractivity contribution in [2.45, 2.75) is 33.6 Å². The van der Waals surface area contributed by atoms with E-state index in [1.54, 1.807) is 0 Å². The number of hydrogen-bond donors (Lipinski definition) is 2. The van der Waals surface area contributed by atoms with Crippen LogP contribution in [0.4, 0.5) is 0 Å². The highest BCUT2D eigenvalue weighted by Crippen LogP contribution is 2.10. The van der Waals surface area contributed by atoms with E-state index >= 15 is 0 Å². The predicted molar refractivity (Wildman–Crippen MR) is 94.5 cm³/mol. The first-order chi connectivity index (χ1) is 11.8. The number of imide groups is 2. The molecule has 4 amide bonds. The van der Waals surface area contributed by atoms with Gasteiger partial charge < -0.3 is 0 Å². The molecule has 6 nitrogen and oxygen atoms in total. The van der Waals surface area contributed by atoms with Crippen molar-refractivity contribution in [1.29, 1.82) is 0 Å². The van der Waals surface area contributed by atoms with Crippen LogP contribution >= 0.6 is 0 Å². The Balaban J connectivity index is 0.000000195. The lowest BCUT2D eigenvalue weighted by atomic mass is 10.0. The molecular formula is C19H22N2O4. The summed E-state index contributed by atoms with van der Waals surface area (Å²) >= 11 is 0. The van der Waals surface area contributed by atoms with Gasteiger partial charge in [0.05, 0.1) is 0 Å². The van der Waals surface area contributed by atoms with Crippen molar-refractivity contribution in [3.8, 4) is 0 Å². The Kier molecular flexibility index (Phi) is 7.99. The molecule has 2 aliphatic heterocycles. The zero-order chi connectivity index (χ0) is 18.8. The Morgan fingerprint density at radius 3 is 1.16 bits per heavy atom. The number of carbonyl (C=O) groups is 4. The van der Waals surface area contributed by atoms with E-state index in [1.807, 2.05) is 10.6 Å². The van der Waals surface area contributed by atoms with Crippen LogP contribution in [-0.4, -0.2) is 23.6 Å². The minimum absolute atomic E-state index is 0.329. The third kappa shape index (κ3) is 7.87. The maximum atomic E-state index is 10.0. The van der Waals surface area contributed by atoms with Gasteiger partial charge >= 0.3 is 0 Å². The first-order valence-corrected chi connectivity index (χ1v) is 7.99. The summed E-state index contributed by atoms with van der Waals surface area (Å²) in [6.07, 6.45) is 7.08. The van der Waals surface area contributed by atoms with E-state index in [1.165, 1.54) is 41.0 Å². The van der Waals surface area contributed by atoms with Crippen LogP contribution in [0.2, 0.25) is 0 Å². The summed E-state index contributed by atoms with van der Waals surface area (Å²) in [7, 11) is 0. The van der Waals surface area contributed by atoms with Gasteiger partial charge in [-0.25, -0.2) is 0 Å². The first kappa shape index (κ1) is 20.0. The molecule has 1 aromatic rings. The molecule has 1 aromatic carbocycles. The number of nitrogens with one attached hydrogen (secondary N) is 2. The molecule has 3 rings (SSSR count). The van der Waals surface area contributed by atoms with E-state index in [9.17, 15) is 19.2 Å². The van der Waals surface area contributed by atoms with Crippen molar-refractivity contribution in [1.82, 2.24) is 10.6 Å². The minimum Gasteiger partial charge on any atom is -0.289 e. The van der Waals surface area contributed by atoms with Crippen LogP contribution in [0, 0.1) is 6.92 Å². The quantitative estimate of drug-likeness (QED) is 0.797. The van der Waals surface area contributed by atoms with Crippen LogP contribution in [0.1, 0.15) is 30.5 Å². The topological polar surface area (TPSA) is 92.3 Å². The molecule has 0 bridgehead atoms. The number of amides is 4. The van der Waals surface area contributed by atoms with Crippen molar-refractivity contribution < 1.29 is 19.2 Å². The molecule has 25 heavy (non-hydrogen) atoms. The van der Waals surface area contributed by atoms with Crippen LogP contribution in [0.3, 0.4) is 0 Å². The molecule has 0 unspecified atom stereocenters. The van der Waals surface area contributed by atoms with Crippen LogP contribution in [0.25, 0.3) is 0 Å². The lowest BCUT2D eigenvalue weighted by Crippen LogP contribution is -2.19. The Hall–Kier alpha value is -3.02.